The van der Waals surface area contributed by atoms with Gasteiger partial charge in [-0.1, -0.05) is 29.8 Å². The first kappa shape index (κ1) is 11.1. The van der Waals surface area contributed by atoms with Crippen LogP contribution in [0.3, 0.4) is 0 Å². The maximum atomic E-state index is 12.2. The topological polar surface area (TPSA) is 43.1 Å². The number of nitrogens with zero attached hydrogens (tertiary/aromatic N) is 1. The van der Waals surface area contributed by atoms with Crippen LogP contribution in [0.2, 0.25) is 0 Å². The molecule has 0 N–H and O–H groups in total. The zero-order valence-electron chi connectivity index (χ0n) is 9.34. The van der Waals surface area contributed by atoms with Gasteiger partial charge < -0.3 is 5.21 Å². The number of hydrogen-bond acceptors (Lipinski definition) is 2. The van der Waals surface area contributed by atoms with E-state index in [4.69, 9.17) is 0 Å². The van der Waals surface area contributed by atoms with Crippen molar-refractivity contribution in [1.82, 2.24) is 0 Å². The largest absolute Gasteiger partial charge is 0.624 e. The molecule has 2 fully saturated rings. The first-order chi connectivity index (χ1) is 6.88. The van der Waals surface area contributed by atoms with Crippen LogP contribution in [0.1, 0.15) is 26.7 Å². The van der Waals surface area contributed by atoms with Crippen molar-refractivity contribution in [3.05, 3.63) is 5.21 Å². The number of hydrogen-bond donors (Lipinski definition) is 0. The molecule has 2 aliphatic carbocycles. The summed E-state index contributed by atoms with van der Waals surface area (Å²) in [7, 11) is 1.44. The number of rotatable bonds is 1. The predicted molar refractivity (Wildman–Crippen MR) is 62.3 cm³/mol. The molecule has 0 unspecified atom stereocenters. The molecule has 2 bridgehead atoms. The maximum Gasteiger partial charge on any atom is 0.234 e. The van der Waals surface area contributed by atoms with Crippen molar-refractivity contribution >= 4 is 27.4 Å². The van der Waals surface area contributed by atoms with Gasteiger partial charge >= 0.3 is 0 Å². The van der Waals surface area contributed by atoms with Crippen LogP contribution in [-0.4, -0.2) is 28.6 Å². The summed E-state index contributed by atoms with van der Waals surface area (Å²) in [5, 5.41) is 12.2. The normalized spacial score (nSPS) is 47.5. The van der Waals surface area contributed by atoms with Crippen molar-refractivity contribution in [2.75, 3.05) is 12.4 Å². The van der Waals surface area contributed by atoms with Crippen LogP contribution in [0.15, 0.2) is 0 Å². The van der Waals surface area contributed by atoms with Gasteiger partial charge in [0.1, 0.15) is 7.05 Å². The van der Waals surface area contributed by atoms with E-state index in [9.17, 15) is 10.0 Å². The Bertz CT molecular complexity index is 362. The average molecular weight is 274 g/mol. The maximum absolute atomic E-state index is 12.2. The number of carbonyl (C=O) groups excluding carboxylic acids is 1. The number of fused-ring (bicyclic) bond motifs is 2. The standard InChI is InChI=1S/C11H16BrNO2/c1-10-5-4-7(11(10,2)6-12)8(9(10)14)13(3)15/h7H,4-6H2,1-3H3/b13-8-/t7-,10-,11+/m1/s1. The molecule has 0 saturated heterocycles. The molecule has 0 aliphatic heterocycles. The molecular weight excluding hydrogens is 258 g/mol. The monoisotopic (exact) mass is 273 g/mol. The minimum absolute atomic E-state index is 0.0678. The van der Waals surface area contributed by atoms with E-state index in [1.807, 2.05) is 6.92 Å². The molecule has 0 aromatic heterocycles. The molecule has 0 aromatic carbocycles. The Balaban J connectivity index is 2.60. The second-order valence-corrected chi connectivity index (χ2v) is 5.75. The van der Waals surface area contributed by atoms with E-state index in [1.54, 1.807) is 0 Å². The lowest BCUT2D eigenvalue weighted by Gasteiger charge is -2.33. The number of Topliss-reactive ketones (excluding diaryl/α,β-unsaturated/α-hetero) is 1. The Morgan fingerprint density at radius 3 is 2.53 bits per heavy atom. The Hall–Kier alpha value is -0.380. The van der Waals surface area contributed by atoms with Crippen LogP contribution < -0.4 is 0 Å². The van der Waals surface area contributed by atoms with Crippen LogP contribution in [-0.2, 0) is 4.79 Å². The zero-order chi connectivity index (χ0) is 11.4. The Labute approximate surface area is 98.3 Å². The van der Waals surface area contributed by atoms with Gasteiger partial charge in [-0.2, -0.15) is 0 Å². The molecule has 0 heterocycles. The molecule has 0 aromatic rings. The van der Waals surface area contributed by atoms with Gasteiger partial charge in [-0.05, 0) is 12.8 Å². The SMILES string of the molecule is C/[N+]([O-])=C1/C(=O)[C@@]2(C)CC[C@H]1[C@]2(C)CBr. The Kier molecular flexibility index (Phi) is 2.27. The highest BCUT2D eigenvalue weighted by Gasteiger charge is 2.69. The van der Waals surface area contributed by atoms with Crippen LogP contribution in [0.4, 0.5) is 0 Å². The lowest BCUT2D eigenvalue weighted by Crippen LogP contribution is -2.37. The summed E-state index contributed by atoms with van der Waals surface area (Å²) in [5.41, 5.74) is 0.0680. The fraction of sp³-hybridized carbons (Fsp3) is 0.818. The van der Waals surface area contributed by atoms with Gasteiger partial charge in [-0.3, -0.25) is 4.79 Å². The fourth-order valence-corrected chi connectivity index (χ4v) is 4.29. The minimum Gasteiger partial charge on any atom is -0.624 e. The Morgan fingerprint density at radius 2 is 2.20 bits per heavy atom. The number of hydroxylamine groups is 1. The summed E-state index contributed by atoms with van der Waals surface area (Å²) in [6, 6.07) is 0. The molecule has 0 amide bonds. The predicted octanol–water partition coefficient (Wildman–Crippen LogP) is 1.97. The molecular formula is C11H16BrNO2. The lowest BCUT2D eigenvalue weighted by molar-refractivity contribution is -0.424. The van der Waals surface area contributed by atoms with E-state index < -0.39 is 0 Å². The van der Waals surface area contributed by atoms with E-state index in [0.29, 0.717) is 5.71 Å². The first-order valence-corrected chi connectivity index (χ1v) is 6.39. The smallest absolute Gasteiger partial charge is 0.234 e. The summed E-state index contributed by atoms with van der Waals surface area (Å²) < 4.78 is 0.776. The highest BCUT2D eigenvalue weighted by Crippen LogP contribution is 2.63. The van der Waals surface area contributed by atoms with Crippen molar-refractivity contribution < 1.29 is 9.53 Å². The van der Waals surface area contributed by atoms with E-state index in [1.165, 1.54) is 7.05 Å². The van der Waals surface area contributed by atoms with E-state index >= 15 is 0 Å². The molecule has 3 nitrogen and oxygen atoms in total. The average Bonchev–Trinajstić information content (AvgIpc) is 2.51. The van der Waals surface area contributed by atoms with Crippen molar-refractivity contribution in [3.8, 4) is 0 Å². The van der Waals surface area contributed by atoms with Gasteiger partial charge in [-0.25, -0.2) is 4.74 Å². The third kappa shape index (κ3) is 1.06. The highest BCUT2D eigenvalue weighted by atomic mass is 79.9. The molecule has 3 atom stereocenters. The van der Waals surface area contributed by atoms with E-state index in [-0.39, 0.29) is 22.5 Å². The fourth-order valence-electron chi connectivity index (χ4n) is 3.28. The van der Waals surface area contributed by atoms with Crippen LogP contribution in [0.25, 0.3) is 0 Å². The quantitative estimate of drug-likeness (QED) is 0.317. The van der Waals surface area contributed by atoms with Gasteiger partial charge in [-0.15, -0.1) is 0 Å². The minimum atomic E-state index is -0.338. The zero-order valence-corrected chi connectivity index (χ0v) is 10.9. The molecule has 2 rings (SSSR count). The van der Waals surface area contributed by atoms with Crippen molar-refractivity contribution in [2.45, 2.75) is 26.7 Å². The summed E-state index contributed by atoms with van der Waals surface area (Å²) >= 11 is 3.51. The van der Waals surface area contributed by atoms with Crippen LogP contribution >= 0.6 is 15.9 Å². The number of ketones is 1. The van der Waals surface area contributed by atoms with E-state index in [0.717, 1.165) is 22.9 Å². The third-order valence-electron chi connectivity index (χ3n) is 4.64. The molecule has 0 radical (unpaired) electrons. The third-order valence-corrected chi connectivity index (χ3v) is 5.81. The molecule has 2 aliphatic rings. The number of carbonyl (C=O) groups is 1. The molecule has 0 spiro atoms. The summed E-state index contributed by atoms with van der Waals surface area (Å²) in [5.74, 6) is 0.204. The first-order valence-electron chi connectivity index (χ1n) is 5.27. The summed E-state index contributed by atoms with van der Waals surface area (Å²) in [6.07, 6.45) is 1.88. The molecule has 84 valence electrons. The van der Waals surface area contributed by atoms with Crippen molar-refractivity contribution in [2.24, 2.45) is 16.7 Å². The Morgan fingerprint density at radius 1 is 1.60 bits per heavy atom. The summed E-state index contributed by atoms with van der Waals surface area (Å²) in [6.45, 7) is 4.13. The highest BCUT2D eigenvalue weighted by molar-refractivity contribution is 9.09. The van der Waals surface area contributed by atoms with Crippen molar-refractivity contribution in [1.29, 1.82) is 0 Å². The molecule has 2 saturated carbocycles. The lowest BCUT2D eigenvalue weighted by atomic mass is 9.70. The van der Waals surface area contributed by atoms with Gasteiger partial charge in [0.05, 0.1) is 5.92 Å². The van der Waals surface area contributed by atoms with Crippen LogP contribution in [0.5, 0.6) is 0 Å². The van der Waals surface area contributed by atoms with E-state index in [2.05, 4.69) is 22.9 Å². The van der Waals surface area contributed by atoms with Gasteiger partial charge in [0.2, 0.25) is 11.5 Å². The van der Waals surface area contributed by atoms with Gasteiger partial charge in [0, 0.05) is 16.2 Å². The second kappa shape index (κ2) is 3.06. The molecule has 15 heavy (non-hydrogen) atoms. The van der Waals surface area contributed by atoms with Crippen LogP contribution in [0, 0.1) is 22.0 Å². The number of alkyl halides is 1. The van der Waals surface area contributed by atoms with Gasteiger partial charge in [0.25, 0.3) is 0 Å². The molecule has 4 heteroatoms. The van der Waals surface area contributed by atoms with Crippen molar-refractivity contribution in [3.63, 3.8) is 0 Å². The van der Waals surface area contributed by atoms with Gasteiger partial charge in [0.15, 0.2) is 0 Å². The number of halogens is 1. The second-order valence-electron chi connectivity index (χ2n) is 5.19. The summed E-state index contributed by atoms with van der Waals surface area (Å²) in [4.78, 5) is 12.2.